The standard InChI is InChI=1S/C20H25N3O4S/c1-14(2)23(4)28(26,27)18-10-8-17(9-11-18)22-19(24)13-21-20(25)16-7-5-6-15(3)12-16/h5-12,14H,13H2,1-4H3,(H,21,25)(H,22,24). The van der Waals surface area contributed by atoms with Gasteiger partial charge in [-0.1, -0.05) is 17.7 Å². The molecule has 0 radical (unpaired) electrons. The van der Waals surface area contributed by atoms with Crippen molar-refractivity contribution in [3.05, 3.63) is 59.7 Å². The van der Waals surface area contributed by atoms with E-state index in [1.165, 1.54) is 35.6 Å². The van der Waals surface area contributed by atoms with Crippen LogP contribution in [-0.4, -0.2) is 44.2 Å². The van der Waals surface area contributed by atoms with Crippen LogP contribution in [0, 0.1) is 6.92 Å². The number of amides is 2. The normalized spacial score (nSPS) is 11.5. The van der Waals surface area contributed by atoms with E-state index < -0.39 is 15.9 Å². The smallest absolute Gasteiger partial charge is 0.251 e. The number of sulfonamides is 1. The maximum Gasteiger partial charge on any atom is 0.251 e. The van der Waals surface area contributed by atoms with Crippen LogP contribution in [-0.2, 0) is 14.8 Å². The molecule has 2 aromatic carbocycles. The van der Waals surface area contributed by atoms with Gasteiger partial charge in [-0.3, -0.25) is 9.59 Å². The first-order chi connectivity index (χ1) is 13.1. The summed E-state index contributed by atoms with van der Waals surface area (Å²) in [5, 5.41) is 5.18. The van der Waals surface area contributed by atoms with Crippen molar-refractivity contribution in [3.63, 3.8) is 0 Å². The van der Waals surface area contributed by atoms with Gasteiger partial charge in [0.05, 0.1) is 11.4 Å². The molecule has 0 heterocycles. The highest BCUT2D eigenvalue weighted by Crippen LogP contribution is 2.19. The second kappa shape index (κ2) is 8.99. The molecule has 0 bridgehead atoms. The van der Waals surface area contributed by atoms with Crippen molar-refractivity contribution in [1.29, 1.82) is 0 Å². The predicted molar refractivity (Wildman–Crippen MR) is 109 cm³/mol. The average molecular weight is 404 g/mol. The van der Waals surface area contributed by atoms with Gasteiger partial charge in [0, 0.05) is 24.3 Å². The van der Waals surface area contributed by atoms with Crippen LogP contribution in [0.4, 0.5) is 5.69 Å². The van der Waals surface area contributed by atoms with Crippen molar-refractivity contribution < 1.29 is 18.0 Å². The van der Waals surface area contributed by atoms with E-state index in [0.29, 0.717) is 11.3 Å². The molecule has 7 nitrogen and oxygen atoms in total. The molecule has 0 atom stereocenters. The van der Waals surface area contributed by atoms with Crippen molar-refractivity contribution in [2.24, 2.45) is 0 Å². The Balaban J connectivity index is 1.95. The first-order valence-corrected chi connectivity index (χ1v) is 10.3. The van der Waals surface area contributed by atoms with E-state index in [-0.39, 0.29) is 23.4 Å². The van der Waals surface area contributed by atoms with Crippen LogP contribution in [0.2, 0.25) is 0 Å². The first-order valence-electron chi connectivity index (χ1n) is 8.84. The number of anilines is 1. The van der Waals surface area contributed by atoms with Gasteiger partial charge in [-0.2, -0.15) is 4.31 Å². The summed E-state index contributed by atoms with van der Waals surface area (Å²) < 4.78 is 26.1. The largest absolute Gasteiger partial charge is 0.343 e. The fourth-order valence-electron chi connectivity index (χ4n) is 2.41. The number of hydrogen-bond acceptors (Lipinski definition) is 4. The maximum absolute atomic E-state index is 12.4. The number of rotatable bonds is 7. The molecule has 8 heteroatoms. The highest BCUT2D eigenvalue weighted by Gasteiger charge is 2.22. The third-order valence-electron chi connectivity index (χ3n) is 4.23. The zero-order valence-electron chi connectivity index (χ0n) is 16.4. The highest BCUT2D eigenvalue weighted by molar-refractivity contribution is 7.89. The van der Waals surface area contributed by atoms with Crippen LogP contribution >= 0.6 is 0 Å². The van der Waals surface area contributed by atoms with Crippen molar-refractivity contribution >= 4 is 27.5 Å². The zero-order valence-corrected chi connectivity index (χ0v) is 17.2. The fraction of sp³-hybridized carbons (Fsp3) is 0.300. The van der Waals surface area contributed by atoms with Crippen LogP contribution in [0.1, 0.15) is 29.8 Å². The van der Waals surface area contributed by atoms with Gasteiger partial charge in [0.15, 0.2) is 0 Å². The Morgan fingerprint density at radius 1 is 1.07 bits per heavy atom. The minimum absolute atomic E-state index is 0.148. The molecule has 2 rings (SSSR count). The summed E-state index contributed by atoms with van der Waals surface area (Å²) in [6, 6.07) is 12.8. The van der Waals surface area contributed by atoms with Crippen LogP contribution in [0.3, 0.4) is 0 Å². The number of nitrogens with zero attached hydrogens (tertiary/aromatic N) is 1. The van der Waals surface area contributed by atoms with Gasteiger partial charge in [0.25, 0.3) is 5.91 Å². The van der Waals surface area contributed by atoms with E-state index in [2.05, 4.69) is 10.6 Å². The SMILES string of the molecule is Cc1cccc(C(=O)NCC(=O)Nc2ccc(S(=O)(=O)N(C)C(C)C)cc2)c1. The van der Waals surface area contributed by atoms with Crippen molar-refractivity contribution in [2.75, 3.05) is 18.9 Å². The molecule has 2 aromatic rings. The average Bonchev–Trinajstić information content (AvgIpc) is 2.65. The lowest BCUT2D eigenvalue weighted by molar-refractivity contribution is -0.115. The topological polar surface area (TPSA) is 95.6 Å². The third-order valence-corrected chi connectivity index (χ3v) is 6.28. The second-order valence-corrected chi connectivity index (χ2v) is 8.74. The van der Waals surface area contributed by atoms with E-state index in [9.17, 15) is 18.0 Å². The number of nitrogens with one attached hydrogen (secondary N) is 2. The van der Waals surface area contributed by atoms with Gasteiger partial charge >= 0.3 is 0 Å². The molecular formula is C20H25N3O4S. The summed E-state index contributed by atoms with van der Waals surface area (Å²) in [4.78, 5) is 24.3. The van der Waals surface area contributed by atoms with Crippen LogP contribution < -0.4 is 10.6 Å². The fourth-order valence-corrected chi connectivity index (χ4v) is 3.78. The molecule has 150 valence electrons. The van der Waals surface area contributed by atoms with Crippen LogP contribution in [0.25, 0.3) is 0 Å². The van der Waals surface area contributed by atoms with Gasteiger partial charge in [-0.15, -0.1) is 0 Å². The molecule has 0 aliphatic carbocycles. The zero-order chi connectivity index (χ0) is 20.9. The Morgan fingerprint density at radius 3 is 2.29 bits per heavy atom. The predicted octanol–water partition coefficient (Wildman–Crippen LogP) is 2.39. The van der Waals surface area contributed by atoms with E-state index in [1.54, 1.807) is 32.0 Å². The lowest BCUT2D eigenvalue weighted by atomic mass is 10.1. The van der Waals surface area contributed by atoms with Crippen molar-refractivity contribution in [3.8, 4) is 0 Å². The van der Waals surface area contributed by atoms with Gasteiger partial charge in [-0.05, 0) is 57.2 Å². The molecule has 0 saturated heterocycles. The lowest BCUT2D eigenvalue weighted by Crippen LogP contribution is -2.33. The van der Waals surface area contributed by atoms with Gasteiger partial charge in [0.1, 0.15) is 0 Å². The number of carbonyl (C=O) groups excluding carboxylic acids is 2. The second-order valence-electron chi connectivity index (χ2n) is 6.74. The molecule has 2 N–H and O–H groups in total. The molecule has 0 fully saturated rings. The Labute approximate surface area is 165 Å². The molecule has 0 saturated carbocycles. The molecule has 0 aromatic heterocycles. The maximum atomic E-state index is 12.4. The highest BCUT2D eigenvalue weighted by atomic mass is 32.2. The minimum atomic E-state index is -3.58. The van der Waals surface area contributed by atoms with Crippen LogP contribution in [0.5, 0.6) is 0 Å². The summed E-state index contributed by atoms with van der Waals surface area (Å²) in [5.41, 5.74) is 1.88. The Hall–Kier alpha value is -2.71. The summed E-state index contributed by atoms with van der Waals surface area (Å²) in [6.07, 6.45) is 0. The lowest BCUT2D eigenvalue weighted by Gasteiger charge is -2.21. The van der Waals surface area contributed by atoms with Gasteiger partial charge < -0.3 is 10.6 Å². The quantitative estimate of drug-likeness (QED) is 0.742. The van der Waals surface area contributed by atoms with E-state index >= 15 is 0 Å². The number of aryl methyl sites for hydroxylation is 1. The third kappa shape index (κ3) is 5.40. The molecule has 0 aliphatic rings. The minimum Gasteiger partial charge on any atom is -0.343 e. The molecule has 0 unspecified atom stereocenters. The summed E-state index contributed by atoms with van der Waals surface area (Å²) >= 11 is 0. The van der Waals surface area contributed by atoms with Crippen LogP contribution in [0.15, 0.2) is 53.4 Å². The Bertz CT molecular complexity index is 954. The van der Waals surface area contributed by atoms with Crippen molar-refractivity contribution in [1.82, 2.24) is 9.62 Å². The molecule has 28 heavy (non-hydrogen) atoms. The number of benzene rings is 2. The molecule has 2 amide bonds. The first kappa shape index (κ1) is 21.6. The number of carbonyl (C=O) groups is 2. The molecule has 0 spiro atoms. The monoisotopic (exact) mass is 403 g/mol. The molecular weight excluding hydrogens is 378 g/mol. The van der Waals surface area contributed by atoms with Gasteiger partial charge in [0.2, 0.25) is 15.9 Å². The number of hydrogen-bond donors (Lipinski definition) is 2. The summed E-state index contributed by atoms with van der Waals surface area (Å²) in [5.74, 6) is -0.743. The Kier molecular flexibility index (Phi) is 6.93. The van der Waals surface area contributed by atoms with E-state index in [4.69, 9.17) is 0 Å². The summed E-state index contributed by atoms with van der Waals surface area (Å²) in [6.45, 7) is 5.27. The van der Waals surface area contributed by atoms with Crippen molar-refractivity contribution in [2.45, 2.75) is 31.7 Å². The van der Waals surface area contributed by atoms with E-state index in [0.717, 1.165) is 5.56 Å². The summed E-state index contributed by atoms with van der Waals surface area (Å²) in [7, 11) is -2.06. The Morgan fingerprint density at radius 2 is 1.71 bits per heavy atom. The van der Waals surface area contributed by atoms with Gasteiger partial charge in [-0.25, -0.2) is 8.42 Å². The molecule has 0 aliphatic heterocycles. The van der Waals surface area contributed by atoms with E-state index in [1.807, 2.05) is 13.0 Å².